The van der Waals surface area contributed by atoms with E-state index in [9.17, 15) is 14.7 Å². The van der Waals surface area contributed by atoms with E-state index in [4.69, 9.17) is 4.74 Å². The van der Waals surface area contributed by atoms with Crippen molar-refractivity contribution in [3.8, 4) is 5.75 Å². The summed E-state index contributed by atoms with van der Waals surface area (Å²) in [4.78, 5) is 28.8. The van der Waals surface area contributed by atoms with E-state index in [-0.39, 0.29) is 17.7 Å². The highest BCUT2D eigenvalue weighted by molar-refractivity contribution is 5.99. The number of rotatable bonds is 4. The number of nitrogens with zero attached hydrogens (tertiary/aromatic N) is 2. The third-order valence-electron chi connectivity index (χ3n) is 5.80. The summed E-state index contributed by atoms with van der Waals surface area (Å²) in [5, 5.41) is 10.4. The molecule has 1 N–H and O–H groups in total. The molecule has 6 heteroatoms. The molecule has 0 saturated carbocycles. The predicted octanol–water partition coefficient (Wildman–Crippen LogP) is 3.54. The highest BCUT2D eigenvalue weighted by Gasteiger charge is 2.25. The molecule has 1 atom stereocenters. The monoisotopic (exact) mass is 408 g/mol. The summed E-state index contributed by atoms with van der Waals surface area (Å²) in [5.74, 6) is 0.868. The molecular weight excluding hydrogens is 380 g/mol. The van der Waals surface area contributed by atoms with Gasteiger partial charge in [-0.15, -0.1) is 0 Å². The average Bonchev–Trinajstić information content (AvgIpc) is 3.06. The molecule has 30 heavy (non-hydrogen) atoms. The van der Waals surface area contributed by atoms with Gasteiger partial charge < -0.3 is 19.6 Å². The van der Waals surface area contributed by atoms with Crippen molar-refractivity contribution in [3.63, 3.8) is 0 Å². The van der Waals surface area contributed by atoms with E-state index in [0.29, 0.717) is 38.2 Å². The first-order valence-electron chi connectivity index (χ1n) is 10.6. The quantitative estimate of drug-likeness (QED) is 0.840. The lowest BCUT2D eigenvalue weighted by Crippen LogP contribution is -2.32. The molecule has 0 spiro atoms. The molecule has 1 fully saturated rings. The van der Waals surface area contributed by atoms with Gasteiger partial charge in [-0.05, 0) is 48.2 Å². The van der Waals surface area contributed by atoms with Gasteiger partial charge in [0.1, 0.15) is 12.4 Å². The van der Waals surface area contributed by atoms with Gasteiger partial charge >= 0.3 is 0 Å². The molecule has 2 aromatic carbocycles. The molecule has 6 nitrogen and oxygen atoms in total. The van der Waals surface area contributed by atoms with Crippen LogP contribution in [0.15, 0.2) is 42.5 Å². The third-order valence-corrected chi connectivity index (χ3v) is 5.80. The fourth-order valence-electron chi connectivity index (χ4n) is 4.07. The van der Waals surface area contributed by atoms with E-state index in [1.54, 1.807) is 21.9 Å². The molecule has 0 aliphatic carbocycles. The maximum Gasteiger partial charge on any atom is 0.254 e. The highest BCUT2D eigenvalue weighted by Crippen LogP contribution is 2.30. The van der Waals surface area contributed by atoms with Gasteiger partial charge in [0.05, 0.1) is 12.6 Å². The second-order valence-electron chi connectivity index (χ2n) is 8.33. The summed E-state index contributed by atoms with van der Waals surface area (Å²) in [6.45, 7) is 5.95. The zero-order valence-electron chi connectivity index (χ0n) is 17.5. The van der Waals surface area contributed by atoms with Crippen molar-refractivity contribution in [2.45, 2.75) is 39.3 Å². The molecule has 158 valence electrons. The Labute approximate surface area is 177 Å². The Bertz CT molecular complexity index is 956. The van der Waals surface area contributed by atoms with Crippen LogP contribution in [0, 0.1) is 5.92 Å². The van der Waals surface area contributed by atoms with Crippen molar-refractivity contribution in [1.82, 2.24) is 4.90 Å². The molecular formula is C24H28N2O4. The van der Waals surface area contributed by atoms with Crippen molar-refractivity contribution < 1.29 is 19.4 Å². The van der Waals surface area contributed by atoms with Crippen LogP contribution >= 0.6 is 0 Å². The molecule has 1 unspecified atom stereocenters. The summed E-state index contributed by atoms with van der Waals surface area (Å²) in [6.07, 6.45) is 0.850. The number of carbonyl (C=O) groups is 2. The van der Waals surface area contributed by atoms with Crippen LogP contribution in [0.3, 0.4) is 0 Å². The number of ether oxygens (including phenoxy) is 1. The van der Waals surface area contributed by atoms with E-state index in [0.717, 1.165) is 29.0 Å². The SMILES string of the molecule is CC(C)C(O)c1ccc2c(c1)CN(C(=O)c1cccc(N3CCCC3=O)c1)CCO2. The second kappa shape index (κ2) is 8.48. The minimum absolute atomic E-state index is 0.0882. The lowest BCUT2D eigenvalue weighted by molar-refractivity contribution is -0.117. The van der Waals surface area contributed by atoms with Crippen LogP contribution in [0.25, 0.3) is 0 Å². The van der Waals surface area contributed by atoms with Crippen LogP contribution in [-0.2, 0) is 11.3 Å². The van der Waals surface area contributed by atoms with E-state index < -0.39 is 6.10 Å². The summed E-state index contributed by atoms with van der Waals surface area (Å²) in [5.41, 5.74) is 3.06. The first-order valence-corrected chi connectivity index (χ1v) is 10.6. The van der Waals surface area contributed by atoms with Gasteiger partial charge in [-0.3, -0.25) is 9.59 Å². The van der Waals surface area contributed by atoms with E-state index >= 15 is 0 Å². The van der Waals surface area contributed by atoms with Gasteiger partial charge in [-0.1, -0.05) is 26.0 Å². The van der Waals surface area contributed by atoms with E-state index in [1.165, 1.54) is 0 Å². The molecule has 4 rings (SSSR count). The van der Waals surface area contributed by atoms with Crippen LogP contribution in [0.2, 0.25) is 0 Å². The van der Waals surface area contributed by atoms with Crippen LogP contribution in [0.5, 0.6) is 5.75 Å². The Morgan fingerprint density at radius 3 is 2.70 bits per heavy atom. The average molecular weight is 408 g/mol. The van der Waals surface area contributed by atoms with Crippen molar-refractivity contribution in [1.29, 1.82) is 0 Å². The Kier molecular flexibility index (Phi) is 5.77. The topological polar surface area (TPSA) is 70.1 Å². The van der Waals surface area contributed by atoms with Crippen molar-refractivity contribution >= 4 is 17.5 Å². The predicted molar refractivity (Wildman–Crippen MR) is 115 cm³/mol. The lowest BCUT2D eigenvalue weighted by Gasteiger charge is -2.22. The summed E-state index contributed by atoms with van der Waals surface area (Å²) < 4.78 is 5.85. The Morgan fingerprint density at radius 1 is 1.13 bits per heavy atom. The number of hydrogen-bond donors (Lipinski definition) is 1. The van der Waals surface area contributed by atoms with Gasteiger partial charge in [0.2, 0.25) is 5.91 Å². The number of anilines is 1. The Morgan fingerprint density at radius 2 is 1.97 bits per heavy atom. The lowest BCUT2D eigenvalue weighted by atomic mass is 9.97. The Balaban J connectivity index is 1.57. The smallest absolute Gasteiger partial charge is 0.254 e. The largest absolute Gasteiger partial charge is 0.491 e. The molecule has 2 aromatic rings. The highest BCUT2D eigenvalue weighted by atomic mass is 16.5. The number of carbonyl (C=O) groups excluding carboxylic acids is 2. The summed E-state index contributed by atoms with van der Waals surface area (Å²) >= 11 is 0. The molecule has 2 amide bonds. The molecule has 2 aliphatic rings. The third kappa shape index (κ3) is 4.05. The maximum absolute atomic E-state index is 13.3. The van der Waals surface area contributed by atoms with Gasteiger partial charge in [0, 0.05) is 36.3 Å². The summed E-state index contributed by atoms with van der Waals surface area (Å²) in [6, 6.07) is 13.0. The molecule has 0 bridgehead atoms. The molecule has 0 radical (unpaired) electrons. The Hall–Kier alpha value is -2.86. The van der Waals surface area contributed by atoms with Crippen LogP contribution in [0.1, 0.15) is 54.3 Å². The standard InChI is InChI=1S/C24H28N2O4/c1-16(2)23(28)17-8-9-21-19(13-17)15-25(11-12-30-21)24(29)18-5-3-6-20(14-18)26-10-4-7-22(26)27/h3,5-6,8-9,13-14,16,23,28H,4,7,10-12,15H2,1-2H3. The number of aliphatic hydroxyl groups is 1. The number of aliphatic hydroxyl groups excluding tert-OH is 1. The normalized spacial score (nSPS) is 17.5. The zero-order chi connectivity index (χ0) is 21.3. The minimum Gasteiger partial charge on any atom is -0.491 e. The first-order chi connectivity index (χ1) is 14.4. The second-order valence-corrected chi connectivity index (χ2v) is 8.33. The van der Waals surface area contributed by atoms with Gasteiger partial charge in [0.25, 0.3) is 5.91 Å². The van der Waals surface area contributed by atoms with Crippen molar-refractivity contribution in [3.05, 3.63) is 59.2 Å². The fraction of sp³-hybridized carbons (Fsp3) is 0.417. The van der Waals surface area contributed by atoms with E-state index in [2.05, 4.69) is 0 Å². The van der Waals surface area contributed by atoms with Crippen LogP contribution in [-0.4, -0.2) is 41.5 Å². The molecule has 2 aliphatic heterocycles. The number of hydrogen-bond acceptors (Lipinski definition) is 4. The van der Waals surface area contributed by atoms with Gasteiger partial charge in [0.15, 0.2) is 0 Å². The maximum atomic E-state index is 13.3. The van der Waals surface area contributed by atoms with Crippen LogP contribution < -0.4 is 9.64 Å². The van der Waals surface area contributed by atoms with Crippen molar-refractivity contribution in [2.24, 2.45) is 5.92 Å². The minimum atomic E-state index is -0.558. The first kappa shape index (κ1) is 20.4. The van der Waals surface area contributed by atoms with Crippen molar-refractivity contribution in [2.75, 3.05) is 24.6 Å². The van der Waals surface area contributed by atoms with Crippen LogP contribution in [0.4, 0.5) is 5.69 Å². The summed E-state index contributed by atoms with van der Waals surface area (Å²) in [7, 11) is 0. The fourth-order valence-corrected chi connectivity index (χ4v) is 4.07. The van der Waals surface area contributed by atoms with E-state index in [1.807, 2.05) is 44.2 Å². The molecule has 0 aromatic heterocycles. The molecule has 1 saturated heterocycles. The number of benzene rings is 2. The number of fused-ring (bicyclic) bond motifs is 1. The van der Waals surface area contributed by atoms with Gasteiger partial charge in [-0.25, -0.2) is 0 Å². The molecule has 2 heterocycles. The number of amides is 2. The zero-order valence-corrected chi connectivity index (χ0v) is 17.5. The van der Waals surface area contributed by atoms with Gasteiger partial charge in [-0.2, -0.15) is 0 Å².